The van der Waals surface area contributed by atoms with Gasteiger partial charge in [0.05, 0.1) is 32.8 Å². The van der Waals surface area contributed by atoms with Crippen LogP contribution < -0.4 is 14.4 Å². The number of hydrogen-bond acceptors (Lipinski definition) is 5. The molecule has 0 saturated carbocycles. The Morgan fingerprint density at radius 2 is 1.78 bits per heavy atom. The SMILES string of the molecule is CCOC(=O)[C@@H]1CC(=O)N(c2ccccc2)[C@@H]1c1ccc(OC)c(OC)c1. The number of amides is 1. The van der Waals surface area contributed by atoms with Crippen molar-refractivity contribution in [1.29, 1.82) is 0 Å². The molecule has 27 heavy (non-hydrogen) atoms. The molecule has 2 aromatic rings. The predicted molar refractivity (Wildman–Crippen MR) is 101 cm³/mol. The zero-order chi connectivity index (χ0) is 19.4. The number of methoxy groups -OCH3 is 2. The van der Waals surface area contributed by atoms with Crippen LogP contribution in [0.25, 0.3) is 0 Å². The lowest BCUT2D eigenvalue weighted by molar-refractivity contribution is -0.148. The summed E-state index contributed by atoms with van der Waals surface area (Å²) >= 11 is 0. The molecule has 1 aliphatic rings. The van der Waals surface area contributed by atoms with Crippen molar-refractivity contribution >= 4 is 17.6 Å². The Labute approximate surface area is 158 Å². The van der Waals surface area contributed by atoms with E-state index in [-0.39, 0.29) is 24.9 Å². The molecule has 0 aromatic heterocycles. The molecule has 0 unspecified atom stereocenters. The molecule has 1 amide bonds. The molecule has 2 atom stereocenters. The molecule has 1 fully saturated rings. The summed E-state index contributed by atoms with van der Waals surface area (Å²) < 4.78 is 15.9. The van der Waals surface area contributed by atoms with Crippen molar-refractivity contribution in [1.82, 2.24) is 0 Å². The van der Waals surface area contributed by atoms with E-state index in [1.165, 1.54) is 0 Å². The van der Waals surface area contributed by atoms with Crippen molar-refractivity contribution in [2.24, 2.45) is 5.92 Å². The third-order valence-corrected chi connectivity index (χ3v) is 4.70. The van der Waals surface area contributed by atoms with Gasteiger partial charge in [-0.15, -0.1) is 0 Å². The average molecular weight is 369 g/mol. The van der Waals surface area contributed by atoms with Crippen LogP contribution in [0.3, 0.4) is 0 Å². The number of esters is 1. The second kappa shape index (κ2) is 8.12. The van der Waals surface area contributed by atoms with Crippen LogP contribution in [-0.4, -0.2) is 32.7 Å². The van der Waals surface area contributed by atoms with Crippen LogP contribution in [0.2, 0.25) is 0 Å². The van der Waals surface area contributed by atoms with Gasteiger partial charge in [0, 0.05) is 12.1 Å². The van der Waals surface area contributed by atoms with Crippen molar-refractivity contribution in [2.45, 2.75) is 19.4 Å². The minimum atomic E-state index is -0.587. The average Bonchev–Trinajstić information content (AvgIpc) is 3.05. The fraction of sp³-hybridized carbons (Fsp3) is 0.333. The summed E-state index contributed by atoms with van der Waals surface area (Å²) in [6, 6.07) is 14.3. The predicted octanol–water partition coefficient (Wildman–Crippen LogP) is 3.36. The smallest absolute Gasteiger partial charge is 0.311 e. The molecule has 0 aliphatic carbocycles. The molecule has 0 N–H and O–H groups in total. The Morgan fingerprint density at radius 3 is 2.41 bits per heavy atom. The van der Waals surface area contributed by atoms with Crippen LogP contribution in [0.1, 0.15) is 24.9 Å². The minimum Gasteiger partial charge on any atom is -0.493 e. The van der Waals surface area contributed by atoms with Crippen LogP contribution in [0.4, 0.5) is 5.69 Å². The number of hydrogen-bond donors (Lipinski definition) is 0. The monoisotopic (exact) mass is 369 g/mol. The van der Waals surface area contributed by atoms with Gasteiger partial charge in [0.15, 0.2) is 11.5 Å². The first kappa shape index (κ1) is 18.8. The first-order valence-corrected chi connectivity index (χ1v) is 8.86. The Bertz CT molecular complexity index is 821. The number of rotatable bonds is 6. The molecule has 6 heteroatoms. The third kappa shape index (κ3) is 3.60. The van der Waals surface area contributed by atoms with E-state index in [9.17, 15) is 9.59 Å². The summed E-state index contributed by atoms with van der Waals surface area (Å²) in [5.74, 6) is 0.0633. The number of para-hydroxylation sites is 1. The molecular weight excluding hydrogens is 346 g/mol. The first-order chi connectivity index (χ1) is 13.1. The summed E-state index contributed by atoms with van der Waals surface area (Å²) in [5, 5.41) is 0. The molecule has 1 aliphatic heterocycles. The van der Waals surface area contributed by atoms with Gasteiger partial charge >= 0.3 is 5.97 Å². The van der Waals surface area contributed by atoms with E-state index < -0.39 is 12.0 Å². The summed E-state index contributed by atoms with van der Waals surface area (Å²) in [4.78, 5) is 27.1. The summed E-state index contributed by atoms with van der Waals surface area (Å²) in [5.41, 5.74) is 1.54. The van der Waals surface area contributed by atoms with Crippen LogP contribution in [0.5, 0.6) is 11.5 Å². The van der Waals surface area contributed by atoms with E-state index >= 15 is 0 Å². The molecule has 142 valence electrons. The van der Waals surface area contributed by atoms with Crippen LogP contribution >= 0.6 is 0 Å². The van der Waals surface area contributed by atoms with Gasteiger partial charge in [0.1, 0.15) is 0 Å². The quantitative estimate of drug-likeness (QED) is 0.731. The maximum Gasteiger partial charge on any atom is 0.311 e. The summed E-state index contributed by atoms with van der Waals surface area (Å²) in [6.45, 7) is 2.03. The maximum absolute atomic E-state index is 12.8. The Hall–Kier alpha value is -3.02. The zero-order valence-corrected chi connectivity index (χ0v) is 15.7. The highest BCUT2D eigenvalue weighted by Gasteiger charge is 2.46. The van der Waals surface area contributed by atoms with Gasteiger partial charge < -0.3 is 19.1 Å². The van der Waals surface area contributed by atoms with E-state index in [1.54, 1.807) is 32.1 Å². The highest BCUT2D eigenvalue weighted by atomic mass is 16.5. The fourth-order valence-electron chi connectivity index (χ4n) is 3.51. The highest BCUT2D eigenvalue weighted by molar-refractivity contribution is 6.00. The lowest BCUT2D eigenvalue weighted by Crippen LogP contribution is -2.31. The van der Waals surface area contributed by atoms with Gasteiger partial charge in [-0.3, -0.25) is 9.59 Å². The minimum absolute atomic E-state index is 0.104. The van der Waals surface area contributed by atoms with Gasteiger partial charge in [-0.25, -0.2) is 0 Å². The van der Waals surface area contributed by atoms with Gasteiger partial charge in [-0.1, -0.05) is 24.3 Å². The van der Waals surface area contributed by atoms with Crippen LogP contribution in [0, 0.1) is 5.92 Å². The van der Waals surface area contributed by atoms with Gasteiger partial charge in [-0.05, 0) is 36.8 Å². The van der Waals surface area contributed by atoms with Crippen molar-refractivity contribution in [2.75, 3.05) is 25.7 Å². The number of anilines is 1. The number of nitrogens with zero attached hydrogens (tertiary/aromatic N) is 1. The standard InChI is InChI=1S/C21H23NO5/c1-4-27-21(24)16-13-19(23)22(15-8-6-5-7-9-15)20(16)14-10-11-17(25-2)18(12-14)26-3/h5-12,16,20H,4,13H2,1-3H3/t16-,20-/m1/s1. The highest BCUT2D eigenvalue weighted by Crippen LogP contribution is 2.43. The lowest BCUT2D eigenvalue weighted by Gasteiger charge is -2.28. The lowest BCUT2D eigenvalue weighted by atomic mass is 9.93. The molecular formula is C21H23NO5. The van der Waals surface area contributed by atoms with Crippen LogP contribution in [0.15, 0.2) is 48.5 Å². The maximum atomic E-state index is 12.8. The topological polar surface area (TPSA) is 65.1 Å². The van der Waals surface area contributed by atoms with Crippen molar-refractivity contribution in [3.63, 3.8) is 0 Å². The number of benzene rings is 2. The molecule has 2 aromatic carbocycles. The Morgan fingerprint density at radius 1 is 1.07 bits per heavy atom. The van der Waals surface area contributed by atoms with Crippen LogP contribution in [-0.2, 0) is 14.3 Å². The molecule has 1 heterocycles. The molecule has 6 nitrogen and oxygen atoms in total. The first-order valence-electron chi connectivity index (χ1n) is 8.86. The number of ether oxygens (including phenoxy) is 3. The van der Waals surface area contributed by atoms with Gasteiger partial charge in [0.2, 0.25) is 5.91 Å². The second-order valence-electron chi connectivity index (χ2n) is 6.22. The van der Waals surface area contributed by atoms with E-state index in [4.69, 9.17) is 14.2 Å². The fourth-order valence-corrected chi connectivity index (χ4v) is 3.51. The molecule has 3 rings (SSSR count). The largest absolute Gasteiger partial charge is 0.493 e. The van der Waals surface area contributed by atoms with E-state index in [1.807, 2.05) is 42.5 Å². The van der Waals surface area contributed by atoms with E-state index in [0.717, 1.165) is 11.3 Å². The molecule has 0 bridgehead atoms. The number of carbonyl (C=O) groups is 2. The Balaban J connectivity index is 2.09. The summed E-state index contributed by atoms with van der Waals surface area (Å²) in [7, 11) is 3.12. The van der Waals surface area contributed by atoms with E-state index in [0.29, 0.717) is 11.5 Å². The van der Waals surface area contributed by atoms with Crippen molar-refractivity contribution in [3.8, 4) is 11.5 Å². The molecule has 0 radical (unpaired) electrons. The normalized spacial score (nSPS) is 19.1. The number of carbonyl (C=O) groups excluding carboxylic acids is 2. The van der Waals surface area contributed by atoms with E-state index in [2.05, 4.69) is 0 Å². The van der Waals surface area contributed by atoms with Crippen molar-refractivity contribution in [3.05, 3.63) is 54.1 Å². The second-order valence-corrected chi connectivity index (χ2v) is 6.22. The molecule has 0 spiro atoms. The Kier molecular flexibility index (Phi) is 5.64. The van der Waals surface area contributed by atoms with Gasteiger partial charge in [0.25, 0.3) is 0 Å². The van der Waals surface area contributed by atoms with Crippen molar-refractivity contribution < 1.29 is 23.8 Å². The zero-order valence-electron chi connectivity index (χ0n) is 15.7. The molecule has 1 saturated heterocycles. The summed E-state index contributed by atoms with van der Waals surface area (Å²) in [6.07, 6.45) is 0.104. The van der Waals surface area contributed by atoms with Gasteiger partial charge in [-0.2, -0.15) is 0 Å². The third-order valence-electron chi connectivity index (χ3n) is 4.70.